The van der Waals surface area contributed by atoms with Gasteiger partial charge in [0.15, 0.2) is 0 Å². The van der Waals surface area contributed by atoms with E-state index >= 15 is 0 Å². The van der Waals surface area contributed by atoms with E-state index in [9.17, 15) is 10.2 Å². The van der Waals surface area contributed by atoms with E-state index < -0.39 is 5.60 Å². The van der Waals surface area contributed by atoms with Crippen LogP contribution in [0.1, 0.15) is 113 Å². The van der Waals surface area contributed by atoms with Crippen LogP contribution in [0.3, 0.4) is 0 Å². The Bertz CT molecular complexity index is 769. The lowest BCUT2D eigenvalue weighted by molar-refractivity contribution is -0.224. The van der Waals surface area contributed by atoms with E-state index in [0.717, 1.165) is 24.7 Å². The number of ether oxygens (including phenoxy) is 1. The third-order valence-electron chi connectivity index (χ3n) is 13.1. The average Bonchev–Trinajstić information content (AvgIpc) is 3.26. The fraction of sp³-hybridized carbons (Fsp3) is 1.00. The molecule has 0 aromatic carbocycles. The van der Waals surface area contributed by atoms with Crippen molar-refractivity contribution in [3.8, 4) is 0 Å². The Morgan fingerprint density at radius 3 is 2.12 bits per heavy atom. The zero-order chi connectivity index (χ0) is 24.2. The predicted molar refractivity (Wildman–Crippen MR) is 134 cm³/mol. The fourth-order valence-corrected chi connectivity index (χ4v) is 11.0. The molecule has 4 aliphatic carbocycles. The summed E-state index contributed by atoms with van der Waals surface area (Å²) in [6.07, 6.45) is 11.2. The molecule has 5 rings (SSSR count). The highest BCUT2D eigenvalue weighted by atomic mass is 16.5. The second-order valence-corrected chi connectivity index (χ2v) is 15.2. The largest absolute Gasteiger partial charge is 0.393 e. The zero-order valence-electron chi connectivity index (χ0n) is 22.8. The lowest BCUT2D eigenvalue weighted by Crippen LogP contribution is -2.64. The van der Waals surface area contributed by atoms with Crippen LogP contribution in [-0.4, -0.2) is 34.1 Å². The maximum atomic E-state index is 10.9. The summed E-state index contributed by atoms with van der Waals surface area (Å²) in [6, 6.07) is 0. The molecule has 0 spiro atoms. The Labute approximate surface area is 203 Å². The van der Waals surface area contributed by atoms with Crippen molar-refractivity contribution >= 4 is 0 Å². The molecule has 5 fully saturated rings. The quantitative estimate of drug-likeness (QED) is 0.488. The molecule has 1 saturated heterocycles. The number of hydrogen-bond donors (Lipinski definition) is 2. The van der Waals surface area contributed by atoms with Gasteiger partial charge in [0.2, 0.25) is 0 Å². The second-order valence-electron chi connectivity index (χ2n) is 15.2. The average molecular weight is 461 g/mol. The molecule has 3 heteroatoms. The van der Waals surface area contributed by atoms with Gasteiger partial charge in [-0.1, -0.05) is 41.5 Å². The van der Waals surface area contributed by atoms with Crippen LogP contribution in [0.2, 0.25) is 0 Å². The molecule has 190 valence electrons. The van der Waals surface area contributed by atoms with Crippen LogP contribution in [0, 0.1) is 51.2 Å². The van der Waals surface area contributed by atoms with Gasteiger partial charge >= 0.3 is 0 Å². The van der Waals surface area contributed by atoms with Crippen molar-refractivity contribution in [3.63, 3.8) is 0 Å². The predicted octanol–water partition coefficient (Wildman–Crippen LogP) is 6.60. The SMILES string of the molecule is C[C@H]1C[C@@H](C(C)(C)O)OC1[C@H]1CC[C@]2(C)[C@@H]1CC[C@@H]1[C@@]3(C)CC[C@H](O)C(C)(C)[C@@H]3CC[C@]12C. The van der Waals surface area contributed by atoms with Gasteiger partial charge in [0.05, 0.1) is 23.9 Å². The zero-order valence-corrected chi connectivity index (χ0v) is 22.8. The van der Waals surface area contributed by atoms with Crippen molar-refractivity contribution in [2.24, 2.45) is 51.2 Å². The molecule has 0 amide bonds. The summed E-state index contributed by atoms with van der Waals surface area (Å²) in [7, 11) is 0. The minimum atomic E-state index is -0.750. The summed E-state index contributed by atoms with van der Waals surface area (Å²) in [5.74, 6) is 3.32. The van der Waals surface area contributed by atoms with Crippen molar-refractivity contribution in [3.05, 3.63) is 0 Å². The van der Waals surface area contributed by atoms with Gasteiger partial charge in [0.1, 0.15) is 0 Å². The Morgan fingerprint density at radius 1 is 0.818 bits per heavy atom. The molecule has 0 radical (unpaired) electrons. The summed E-state index contributed by atoms with van der Waals surface area (Å²) in [5, 5.41) is 21.5. The summed E-state index contributed by atoms with van der Waals surface area (Å²) in [5.41, 5.74) is 0.394. The van der Waals surface area contributed by atoms with Crippen molar-refractivity contribution < 1.29 is 14.9 Å². The molecule has 4 saturated carbocycles. The van der Waals surface area contributed by atoms with Crippen molar-refractivity contribution in [2.75, 3.05) is 0 Å². The molecule has 3 nitrogen and oxygen atoms in total. The standard InChI is InChI=1S/C30H52O3/c1-18-17-24(27(4,5)32)33-25(18)19-11-15-29(7)20(19)9-10-22-28(6)14-13-23(31)26(2,3)21(28)12-16-30(22,29)8/h18-25,31-32H,9-17H2,1-8H3/t18-,19-,20+,21-,22+,23-,24-,25?,28-,29+,30+/m0/s1. The van der Waals surface area contributed by atoms with Crippen LogP contribution in [-0.2, 0) is 4.74 Å². The van der Waals surface area contributed by atoms with Crippen molar-refractivity contribution in [2.45, 2.75) is 137 Å². The molecule has 1 unspecified atom stereocenters. The topological polar surface area (TPSA) is 49.7 Å². The monoisotopic (exact) mass is 460 g/mol. The molecular weight excluding hydrogens is 408 g/mol. The third kappa shape index (κ3) is 3.23. The lowest BCUT2D eigenvalue weighted by atomic mass is 9.35. The molecule has 0 bridgehead atoms. The molecule has 0 aromatic heterocycles. The highest BCUT2D eigenvalue weighted by molar-refractivity contribution is 5.18. The molecule has 2 N–H and O–H groups in total. The first-order valence-corrected chi connectivity index (χ1v) is 14.2. The van der Waals surface area contributed by atoms with Gasteiger partial charge in [-0.05, 0) is 123 Å². The first-order valence-electron chi connectivity index (χ1n) is 14.2. The van der Waals surface area contributed by atoms with Gasteiger partial charge in [-0.25, -0.2) is 0 Å². The van der Waals surface area contributed by atoms with Crippen LogP contribution < -0.4 is 0 Å². The maximum absolute atomic E-state index is 10.9. The smallest absolute Gasteiger partial charge is 0.0864 e. The van der Waals surface area contributed by atoms with Crippen LogP contribution in [0.15, 0.2) is 0 Å². The van der Waals surface area contributed by atoms with Crippen molar-refractivity contribution in [1.29, 1.82) is 0 Å². The number of hydrogen-bond acceptors (Lipinski definition) is 3. The van der Waals surface area contributed by atoms with Gasteiger partial charge in [0.25, 0.3) is 0 Å². The number of rotatable bonds is 2. The molecule has 0 aromatic rings. The van der Waals surface area contributed by atoms with Gasteiger partial charge < -0.3 is 14.9 Å². The summed E-state index contributed by atoms with van der Waals surface area (Å²) in [6.45, 7) is 18.8. The lowest BCUT2D eigenvalue weighted by Gasteiger charge is -2.69. The Kier molecular flexibility index (Phi) is 5.55. The van der Waals surface area contributed by atoms with E-state index in [0.29, 0.717) is 40.1 Å². The highest BCUT2D eigenvalue weighted by Gasteiger charge is 2.69. The molecule has 5 aliphatic rings. The molecule has 1 heterocycles. The van der Waals surface area contributed by atoms with E-state index in [2.05, 4.69) is 41.5 Å². The second kappa shape index (κ2) is 7.45. The normalized spacial score (nSPS) is 56.2. The summed E-state index contributed by atoms with van der Waals surface area (Å²) < 4.78 is 6.65. The minimum Gasteiger partial charge on any atom is -0.393 e. The maximum Gasteiger partial charge on any atom is 0.0864 e. The number of aliphatic hydroxyl groups is 2. The van der Waals surface area contributed by atoms with Crippen LogP contribution >= 0.6 is 0 Å². The van der Waals surface area contributed by atoms with Gasteiger partial charge in [-0.15, -0.1) is 0 Å². The third-order valence-corrected chi connectivity index (χ3v) is 13.1. The Balaban J connectivity index is 1.43. The van der Waals surface area contributed by atoms with E-state index in [1.807, 2.05) is 13.8 Å². The van der Waals surface area contributed by atoms with Gasteiger partial charge in [-0.3, -0.25) is 0 Å². The van der Waals surface area contributed by atoms with E-state index in [1.165, 1.54) is 44.9 Å². The fourth-order valence-electron chi connectivity index (χ4n) is 11.0. The number of fused-ring (bicyclic) bond motifs is 5. The minimum absolute atomic E-state index is 0.0264. The first kappa shape index (κ1) is 24.6. The Hall–Kier alpha value is -0.120. The molecule has 33 heavy (non-hydrogen) atoms. The van der Waals surface area contributed by atoms with Gasteiger partial charge in [-0.2, -0.15) is 0 Å². The van der Waals surface area contributed by atoms with E-state index in [-0.39, 0.29) is 17.6 Å². The van der Waals surface area contributed by atoms with Crippen LogP contribution in [0.25, 0.3) is 0 Å². The summed E-state index contributed by atoms with van der Waals surface area (Å²) >= 11 is 0. The Morgan fingerprint density at radius 2 is 1.48 bits per heavy atom. The first-order chi connectivity index (χ1) is 15.2. The number of aliphatic hydroxyl groups excluding tert-OH is 1. The van der Waals surface area contributed by atoms with E-state index in [4.69, 9.17) is 4.74 Å². The molecular formula is C30H52O3. The van der Waals surface area contributed by atoms with Gasteiger partial charge in [0, 0.05) is 0 Å². The van der Waals surface area contributed by atoms with Crippen LogP contribution in [0.4, 0.5) is 0 Å². The summed E-state index contributed by atoms with van der Waals surface area (Å²) in [4.78, 5) is 0. The van der Waals surface area contributed by atoms with Crippen molar-refractivity contribution in [1.82, 2.24) is 0 Å². The molecule has 11 atom stereocenters. The van der Waals surface area contributed by atoms with E-state index in [1.54, 1.807) is 0 Å². The molecule has 1 aliphatic heterocycles. The van der Waals surface area contributed by atoms with Crippen LogP contribution in [0.5, 0.6) is 0 Å². The highest BCUT2D eigenvalue weighted by Crippen LogP contribution is 2.75.